The molecule has 154 valence electrons. The molecule has 0 bridgehead atoms. The lowest BCUT2D eigenvalue weighted by Gasteiger charge is -2.53. The maximum atomic E-state index is 12.9. The van der Waals surface area contributed by atoms with Gasteiger partial charge in [0.15, 0.2) is 8.32 Å². The van der Waals surface area contributed by atoms with Gasteiger partial charge >= 0.3 is 5.97 Å². The van der Waals surface area contributed by atoms with Gasteiger partial charge in [0.05, 0.1) is 36.8 Å². The zero-order valence-corrected chi connectivity index (χ0v) is 18.5. The first-order valence-corrected chi connectivity index (χ1v) is 12.5. The molecule has 4 atom stereocenters. The molecule has 2 N–H and O–H groups in total. The van der Waals surface area contributed by atoms with Crippen molar-refractivity contribution in [1.29, 1.82) is 0 Å². The Morgan fingerprint density at radius 3 is 2.48 bits per heavy atom. The molecule has 0 aromatic carbocycles. The van der Waals surface area contributed by atoms with Crippen LogP contribution < -0.4 is 0 Å². The van der Waals surface area contributed by atoms with Crippen molar-refractivity contribution < 1.29 is 28.6 Å². The Kier molecular flexibility index (Phi) is 6.03. The van der Waals surface area contributed by atoms with Gasteiger partial charge in [0.25, 0.3) is 0 Å². The summed E-state index contributed by atoms with van der Waals surface area (Å²) in [7, 11) is -2.35. The molecule has 27 heavy (non-hydrogen) atoms. The molecule has 0 saturated heterocycles. The maximum absolute atomic E-state index is 12.9. The van der Waals surface area contributed by atoms with E-state index in [1.165, 1.54) is 6.26 Å². The van der Waals surface area contributed by atoms with Crippen molar-refractivity contribution in [3.8, 4) is 0 Å². The number of hydrogen-bond acceptors (Lipinski definition) is 6. The Balaban J connectivity index is 2.62. The number of hydrogen-bond donors (Lipinski definition) is 2. The van der Waals surface area contributed by atoms with Gasteiger partial charge in [0.1, 0.15) is 5.60 Å². The Labute approximate surface area is 163 Å². The number of rotatable bonds is 5. The fraction of sp³-hybridized carbons (Fsp3) is 0.750. The topological polar surface area (TPSA) is 89.1 Å². The molecule has 1 fully saturated rings. The molecule has 7 heteroatoms. The maximum Gasteiger partial charge on any atom is 0.312 e. The largest absolute Gasteiger partial charge is 0.472 e. The summed E-state index contributed by atoms with van der Waals surface area (Å²) in [5, 5.41) is 21.3. The molecule has 1 aromatic heterocycles. The quantitative estimate of drug-likeness (QED) is 0.582. The van der Waals surface area contributed by atoms with Crippen LogP contribution in [0, 0.1) is 5.92 Å². The highest BCUT2D eigenvalue weighted by molar-refractivity contribution is 6.74. The van der Waals surface area contributed by atoms with Crippen LogP contribution in [0.5, 0.6) is 0 Å². The molecular weight excluding hydrogens is 364 g/mol. The van der Waals surface area contributed by atoms with Crippen LogP contribution >= 0.6 is 0 Å². The highest BCUT2D eigenvalue weighted by atomic mass is 28.4. The van der Waals surface area contributed by atoms with Crippen molar-refractivity contribution >= 4 is 14.3 Å². The van der Waals surface area contributed by atoms with E-state index in [9.17, 15) is 15.0 Å². The van der Waals surface area contributed by atoms with Crippen molar-refractivity contribution in [3.05, 3.63) is 24.2 Å². The number of ether oxygens (including phenoxy) is 1. The van der Waals surface area contributed by atoms with Gasteiger partial charge in [-0.05, 0) is 44.5 Å². The fourth-order valence-corrected chi connectivity index (χ4v) is 5.04. The monoisotopic (exact) mass is 398 g/mol. The predicted molar refractivity (Wildman–Crippen MR) is 105 cm³/mol. The zero-order valence-electron chi connectivity index (χ0n) is 17.5. The number of carbonyl (C=O) groups is 1. The summed E-state index contributed by atoms with van der Waals surface area (Å²) >= 11 is 0. The van der Waals surface area contributed by atoms with E-state index < -0.39 is 37.5 Å². The Morgan fingerprint density at radius 2 is 2.00 bits per heavy atom. The lowest BCUT2D eigenvalue weighted by molar-refractivity contribution is -0.194. The van der Waals surface area contributed by atoms with Gasteiger partial charge in [0.2, 0.25) is 0 Å². The summed E-state index contributed by atoms with van der Waals surface area (Å²) in [5.41, 5.74) is -1.81. The van der Waals surface area contributed by atoms with E-state index in [0.717, 1.165) is 0 Å². The van der Waals surface area contributed by atoms with Crippen molar-refractivity contribution in [2.45, 2.75) is 82.9 Å². The minimum Gasteiger partial charge on any atom is -0.472 e. The van der Waals surface area contributed by atoms with Crippen LogP contribution in [0.15, 0.2) is 23.0 Å². The number of furan rings is 1. The summed E-state index contributed by atoms with van der Waals surface area (Å²) < 4.78 is 17.5. The standard InChI is InChI=1S/C20H34O6Si/c1-8-25-17(22)15-11-19(5,23)16(21)12-20(15,14-9-10-24-13-14)26-27(6,7)18(2,3)4/h9-10,13,15-16,21,23H,8,11-12H2,1-7H3/t15-,16-,19+,20+/m0/s1. The van der Waals surface area contributed by atoms with E-state index in [1.54, 1.807) is 26.2 Å². The fourth-order valence-electron chi connectivity index (χ4n) is 3.48. The van der Waals surface area contributed by atoms with Crippen LogP contribution in [-0.4, -0.2) is 42.8 Å². The van der Waals surface area contributed by atoms with E-state index >= 15 is 0 Å². The van der Waals surface area contributed by atoms with Crippen molar-refractivity contribution in [1.82, 2.24) is 0 Å². The third-order valence-corrected chi connectivity index (χ3v) is 10.7. The van der Waals surface area contributed by atoms with Crippen LogP contribution in [0.3, 0.4) is 0 Å². The predicted octanol–water partition coefficient (Wildman–Crippen LogP) is 3.58. The van der Waals surface area contributed by atoms with E-state index in [0.29, 0.717) is 5.56 Å². The van der Waals surface area contributed by atoms with Crippen LogP contribution in [0.4, 0.5) is 0 Å². The zero-order chi connectivity index (χ0) is 20.7. The molecule has 1 aliphatic rings. The van der Waals surface area contributed by atoms with Crippen molar-refractivity contribution in [2.75, 3.05) is 6.61 Å². The van der Waals surface area contributed by atoms with Crippen molar-refractivity contribution in [3.63, 3.8) is 0 Å². The summed E-state index contributed by atoms with van der Waals surface area (Å²) in [6.07, 6.45) is 2.20. The van der Waals surface area contributed by atoms with E-state index in [4.69, 9.17) is 13.6 Å². The molecule has 0 spiro atoms. The lowest BCUT2D eigenvalue weighted by Crippen LogP contribution is -2.61. The minimum atomic E-state index is -2.35. The minimum absolute atomic E-state index is 0.0484. The second-order valence-corrected chi connectivity index (χ2v) is 14.1. The normalized spacial score (nSPS) is 32.3. The summed E-state index contributed by atoms with van der Waals surface area (Å²) in [4.78, 5) is 12.9. The lowest BCUT2D eigenvalue weighted by atomic mass is 9.65. The van der Waals surface area contributed by atoms with Crippen LogP contribution in [0.1, 0.15) is 53.0 Å². The molecule has 0 unspecified atom stereocenters. The van der Waals surface area contributed by atoms with Crippen LogP contribution in [0.25, 0.3) is 0 Å². The van der Waals surface area contributed by atoms with Crippen LogP contribution in [-0.2, 0) is 19.6 Å². The van der Waals surface area contributed by atoms with E-state index in [1.807, 2.05) is 0 Å². The first-order chi connectivity index (χ1) is 12.3. The molecule has 2 rings (SSSR count). The average molecular weight is 399 g/mol. The SMILES string of the molecule is CCOC(=O)[C@@H]1C[C@@](C)(O)[C@@H](O)C[C@@]1(O[Si](C)(C)C(C)(C)C)c1ccoc1. The molecule has 1 aliphatic carbocycles. The summed E-state index contributed by atoms with van der Waals surface area (Å²) in [6.45, 7) is 14.1. The Morgan fingerprint density at radius 1 is 1.37 bits per heavy atom. The first-order valence-electron chi connectivity index (χ1n) is 9.57. The van der Waals surface area contributed by atoms with Gasteiger partial charge < -0.3 is 23.8 Å². The molecule has 0 aliphatic heterocycles. The molecule has 0 radical (unpaired) electrons. The van der Waals surface area contributed by atoms with Gasteiger partial charge in [0, 0.05) is 12.0 Å². The van der Waals surface area contributed by atoms with Crippen LogP contribution in [0.2, 0.25) is 18.1 Å². The molecular formula is C20H34O6Si. The molecule has 6 nitrogen and oxygen atoms in total. The van der Waals surface area contributed by atoms with Gasteiger partial charge in [-0.3, -0.25) is 4.79 Å². The number of carbonyl (C=O) groups excluding carboxylic acids is 1. The Hall–Kier alpha value is -1.15. The van der Waals surface area contributed by atoms with E-state index in [-0.39, 0.29) is 24.5 Å². The van der Waals surface area contributed by atoms with Gasteiger partial charge in [-0.1, -0.05) is 20.8 Å². The molecule has 0 amide bonds. The van der Waals surface area contributed by atoms with Gasteiger partial charge in [-0.2, -0.15) is 0 Å². The van der Waals surface area contributed by atoms with E-state index in [2.05, 4.69) is 33.9 Å². The molecule has 1 saturated carbocycles. The first kappa shape index (κ1) is 22.1. The van der Waals surface area contributed by atoms with Crippen molar-refractivity contribution in [2.24, 2.45) is 5.92 Å². The van der Waals surface area contributed by atoms with Gasteiger partial charge in [-0.15, -0.1) is 0 Å². The smallest absolute Gasteiger partial charge is 0.312 e. The highest BCUT2D eigenvalue weighted by Crippen LogP contribution is 2.52. The number of aliphatic hydroxyl groups is 2. The Bertz CT molecular complexity index is 646. The summed E-state index contributed by atoms with van der Waals surface area (Å²) in [6, 6.07) is 1.77. The summed E-state index contributed by atoms with van der Waals surface area (Å²) in [5.74, 6) is -1.17. The highest BCUT2D eigenvalue weighted by Gasteiger charge is 2.59. The van der Waals surface area contributed by atoms with Gasteiger partial charge in [-0.25, -0.2) is 0 Å². The second-order valence-electron chi connectivity index (χ2n) is 9.35. The number of esters is 1. The molecule has 1 aromatic rings. The third-order valence-electron chi connectivity index (χ3n) is 6.22. The number of aliphatic hydroxyl groups excluding tert-OH is 1. The molecule has 1 heterocycles. The second kappa shape index (κ2) is 7.35. The average Bonchev–Trinajstić information content (AvgIpc) is 3.04. The third kappa shape index (κ3) is 4.16.